The van der Waals surface area contributed by atoms with E-state index in [1.807, 2.05) is 0 Å². The molecule has 0 bridgehead atoms. The van der Waals surface area contributed by atoms with Gasteiger partial charge in [-0.05, 0) is 24.3 Å². The summed E-state index contributed by atoms with van der Waals surface area (Å²) in [6.45, 7) is 0. The quantitative estimate of drug-likeness (QED) is 0.801. The summed E-state index contributed by atoms with van der Waals surface area (Å²) in [5, 5.41) is 13.9. The first-order valence-corrected chi connectivity index (χ1v) is 6.00. The number of rotatable bonds is 4. The third-order valence-corrected chi connectivity index (χ3v) is 2.58. The summed E-state index contributed by atoms with van der Waals surface area (Å²) in [7, 11) is 1.53. The van der Waals surface area contributed by atoms with Crippen LogP contribution in [-0.4, -0.2) is 29.2 Å². The number of carboxylic acids is 1. The number of carbonyl (C=O) groups excluding carboxylic acids is 1. The summed E-state index contributed by atoms with van der Waals surface area (Å²) >= 11 is 0. The van der Waals surface area contributed by atoms with Crippen LogP contribution in [0.5, 0.6) is 5.75 Å². The van der Waals surface area contributed by atoms with Gasteiger partial charge in [-0.15, -0.1) is 0 Å². The van der Waals surface area contributed by atoms with E-state index in [0.717, 1.165) is 0 Å². The standard InChI is InChI=1S/C14H13N3O4/c1-21-11-4-2-3-10(7-11)16-14(20)17-12-6-5-9(8-15-12)13(18)19/h2-8H,1H3,(H,18,19)(H2,15,16,17,20). The molecule has 7 heteroatoms. The van der Waals surface area contributed by atoms with Crippen LogP contribution in [0.4, 0.5) is 16.3 Å². The first-order valence-electron chi connectivity index (χ1n) is 6.00. The van der Waals surface area contributed by atoms with Crippen LogP contribution in [0.15, 0.2) is 42.6 Å². The Kier molecular flexibility index (Phi) is 4.35. The molecule has 21 heavy (non-hydrogen) atoms. The molecule has 0 unspecified atom stereocenters. The summed E-state index contributed by atoms with van der Waals surface area (Å²) in [6.07, 6.45) is 1.17. The highest BCUT2D eigenvalue weighted by molar-refractivity contribution is 5.99. The minimum atomic E-state index is -1.07. The van der Waals surface area contributed by atoms with Crippen LogP contribution in [0.1, 0.15) is 10.4 Å². The monoisotopic (exact) mass is 287 g/mol. The van der Waals surface area contributed by atoms with E-state index in [4.69, 9.17) is 9.84 Å². The largest absolute Gasteiger partial charge is 0.497 e. The van der Waals surface area contributed by atoms with Crippen LogP contribution in [-0.2, 0) is 0 Å². The van der Waals surface area contributed by atoms with Crippen molar-refractivity contribution in [3.05, 3.63) is 48.2 Å². The predicted molar refractivity (Wildman–Crippen MR) is 76.8 cm³/mol. The minimum absolute atomic E-state index is 0.0498. The number of nitrogens with one attached hydrogen (secondary N) is 2. The molecule has 1 aromatic heterocycles. The Morgan fingerprint density at radius 2 is 2.00 bits per heavy atom. The Labute approximate surface area is 120 Å². The number of methoxy groups -OCH3 is 1. The molecule has 7 nitrogen and oxygen atoms in total. The maximum absolute atomic E-state index is 11.8. The molecule has 108 valence electrons. The number of carbonyl (C=O) groups is 2. The normalized spacial score (nSPS) is 9.76. The summed E-state index contributed by atoms with van der Waals surface area (Å²) in [5.74, 6) is -0.202. The number of benzene rings is 1. The van der Waals surface area contributed by atoms with E-state index >= 15 is 0 Å². The lowest BCUT2D eigenvalue weighted by atomic mass is 10.3. The predicted octanol–water partition coefficient (Wildman–Crippen LogP) is 2.43. The highest BCUT2D eigenvalue weighted by atomic mass is 16.5. The van der Waals surface area contributed by atoms with Crippen LogP contribution < -0.4 is 15.4 Å². The number of anilines is 2. The van der Waals surface area contributed by atoms with Gasteiger partial charge in [0.05, 0.1) is 12.7 Å². The summed E-state index contributed by atoms with van der Waals surface area (Å²) < 4.78 is 5.05. The molecule has 0 radical (unpaired) electrons. The van der Waals surface area contributed by atoms with Gasteiger partial charge in [-0.2, -0.15) is 0 Å². The zero-order chi connectivity index (χ0) is 15.2. The highest BCUT2D eigenvalue weighted by Crippen LogP contribution is 2.16. The molecule has 0 aliphatic rings. The summed E-state index contributed by atoms with van der Waals surface area (Å²) in [5.41, 5.74) is 0.614. The van der Waals surface area contributed by atoms with Crippen LogP contribution >= 0.6 is 0 Å². The minimum Gasteiger partial charge on any atom is -0.497 e. The van der Waals surface area contributed by atoms with Crippen LogP contribution in [0, 0.1) is 0 Å². The molecule has 3 N–H and O–H groups in total. The topological polar surface area (TPSA) is 101 Å². The molecule has 1 aromatic carbocycles. The molecule has 0 aliphatic heterocycles. The van der Waals surface area contributed by atoms with Gasteiger partial charge in [0.2, 0.25) is 0 Å². The van der Waals surface area contributed by atoms with E-state index < -0.39 is 12.0 Å². The zero-order valence-corrected chi connectivity index (χ0v) is 11.2. The van der Waals surface area contributed by atoms with Gasteiger partial charge in [-0.1, -0.05) is 6.07 Å². The van der Waals surface area contributed by atoms with Gasteiger partial charge < -0.3 is 15.2 Å². The van der Waals surface area contributed by atoms with Gasteiger partial charge in [-0.25, -0.2) is 14.6 Å². The third kappa shape index (κ3) is 3.93. The second-order valence-electron chi connectivity index (χ2n) is 4.05. The molecule has 0 spiro atoms. The first kappa shape index (κ1) is 14.3. The van der Waals surface area contributed by atoms with Crippen molar-refractivity contribution >= 4 is 23.5 Å². The summed E-state index contributed by atoms with van der Waals surface area (Å²) in [4.78, 5) is 26.3. The third-order valence-electron chi connectivity index (χ3n) is 2.58. The number of pyridine rings is 1. The van der Waals surface area contributed by atoms with Gasteiger partial charge >= 0.3 is 12.0 Å². The van der Waals surface area contributed by atoms with Gasteiger partial charge in [0.1, 0.15) is 11.6 Å². The Morgan fingerprint density at radius 1 is 1.19 bits per heavy atom. The number of aromatic nitrogens is 1. The van der Waals surface area contributed by atoms with E-state index in [9.17, 15) is 9.59 Å². The molecule has 0 aliphatic carbocycles. The van der Waals surface area contributed by atoms with Gasteiger partial charge in [0, 0.05) is 18.0 Å². The molecule has 1 heterocycles. The average Bonchev–Trinajstić information content (AvgIpc) is 2.47. The van der Waals surface area contributed by atoms with E-state index in [0.29, 0.717) is 11.4 Å². The fourth-order valence-electron chi connectivity index (χ4n) is 1.57. The molecular weight excluding hydrogens is 274 g/mol. The Morgan fingerprint density at radius 3 is 2.62 bits per heavy atom. The number of aromatic carboxylic acids is 1. The Balaban J connectivity index is 1.99. The van der Waals surface area contributed by atoms with Crippen molar-refractivity contribution in [2.75, 3.05) is 17.7 Å². The van der Waals surface area contributed by atoms with Crippen molar-refractivity contribution in [3.63, 3.8) is 0 Å². The molecule has 2 amide bonds. The highest BCUT2D eigenvalue weighted by Gasteiger charge is 2.06. The number of carboxylic acid groups (broad SMARTS) is 1. The Bertz CT molecular complexity index is 656. The molecule has 0 atom stereocenters. The lowest BCUT2D eigenvalue weighted by molar-refractivity contribution is 0.0696. The van der Waals surface area contributed by atoms with E-state index in [1.165, 1.54) is 25.4 Å². The van der Waals surface area contributed by atoms with Gasteiger partial charge in [0.15, 0.2) is 0 Å². The lowest BCUT2D eigenvalue weighted by Crippen LogP contribution is -2.20. The maximum atomic E-state index is 11.8. The molecule has 0 saturated heterocycles. The molecule has 2 rings (SSSR count). The lowest BCUT2D eigenvalue weighted by Gasteiger charge is -2.08. The Hall–Kier alpha value is -3.09. The van der Waals surface area contributed by atoms with Crippen molar-refractivity contribution in [1.82, 2.24) is 4.98 Å². The number of nitrogens with zero attached hydrogens (tertiary/aromatic N) is 1. The van der Waals surface area contributed by atoms with Gasteiger partial charge in [-0.3, -0.25) is 5.32 Å². The van der Waals surface area contributed by atoms with Crippen molar-refractivity contribution in [1.29, 1.82) is 0 Å². The fourth-order valence-corrected chi connectivity index (χ4v) is 1.57. The number of ether oxygens (including phenoxy) is 1. The molecule has 0 fully saturated rings. The average molecular weight is 287 g/mol. The smallest absolute Gasteiger partial charge is 0.337 e. The van der Waals surface area contributed by atoms with Crippen LogP contribution in [0.25, 0.3) is 0 Å². The number of amides is 2. The van der Waals surface area contributed by atoms with Crippen LogP contribution in [0.2, 0.25) is 0 Å². The van der Waals surface area contributed by atoms with Crippen molar-refractivity contribution in [2.45, 2.75) is 0 Å². The molecule has 0 saturated carbocycles. The maximum Gasteiger partial charge on any atom is 0.337 e. The van der Waals surface area contributed by atoms with Crippen molar-refractivity contribution in [3.8, 4) is 5.75 Å². The van der Waals surface area contributed by atoms with Crippen molar-refractivity contribution in [2.24, 2.45) is 0 Å². The van der Waals surface area contributed by atoms with Crippen molar-refractivity contribution < 1.29 is 19.4 Å². The molecule has 2 aromatic rings. The van der Waals surface area contributed by atoms with Crippen LogP contribution in [0.3, 0.4) is 0 Å². The van der Waals surface area contributed by atoms with E-state index in [-0.39, 0.29) is 11.4 Å². The number of hydrogen-bond donors (Lipinski definition) is 3. The van der Waals surface area contributed by atoms with Gasteiger partial charge in [0.25, 0.3) is 0 Å². The summed E-state index contributed by atoms with van der Waals surface area (Å²) in [6, 6.07) is 9.16. The number of hydrogen-bond acceptors (Lipinski definition) is 4. The fraction of sp³-hybridized carbons (Fsp3) is 0.0714. The number of urea groups is 1. The molecular formula is C14H13N3O4. The SMILES string of the molecule is COc1cccc(NC(=O)Nc2ccc(C(=O)O)cn2)c1. The second-order valence-corrected chi connectivity index (χ2v) is 4.05. The first-order chi connectivity index (χ1) is 10.1. The second kappa shape index (κ2) is 6.38. The van der Waals surface area contributed by atoms with E-state index in [1.54, 1.807) is 24.3 Å². The zero-order valence-electron chi connectivity index (χ0n) is 11.2. The van der Waals surface area contributed by atoms with E-state index in [2.05, 4.69) is 15.6 Å².